The van der Waals surface area contributed by atoms with Crippen molar-refractivity contribution in [1.82, 2.24) is 30.8 Å². The molecule has 22 nitrogen and oxygen atoms in total. The molecule has 0 radical (unpaired) electrons. The summed E-state index contributed by atoms with van der Waals surface area (Å²) in [5.41, 5.74) is 14.1. The lowest BCUT2D eigenvalue weighted by molar-refractivity contribution is 0.0951. The van der Waals surface area contributed by atoms with Gasteiger partial charge in [-0.05, 0) is 169 Å². The van der Waals surface area contributed by atoms with Crippen LogP contribution in [0.1, 0.15) is 188 Å². The molecule has 6 aromatic heterocycles. The number of ketones is 2. The van der Waals surface area contributed by atoms with E-state index in [-0.39, 0.29) is 47.1 Å². The molecule has 5 aromatic carbocycles. The molecule has 13 heterocycles. The molecule has 5 unspecified atom stereocenters. The molecular formula is C94H96Cl6N12O10S5. The number of nitrogens with zero attached hydrogens (tertiary/aromatic N) is 9. The molecule has 3 N–H and O–H groups in total. The van der Waals surface area contributed by atoms with Crippen LogP contribution in [0.2, 0.25) is 30.1 Å². The monoisotopic (exact) mass is 1920 g/mol. The maximum atomic E-state index is 12.7. The Morgan fingerprint density at radius 2 is 0.882 bits per heavy atom. The molecule has 21 rings (SSSR count). The molecule has 5 saturated heterocycles. The molecule has 11 aromatic rings. The summed E-state index contributed by atoms with van der Waals surface area (Å²) in [6.07, 6.45) is 10.5. The second-order valence-corrected chi connectivity index (χ2v) is 39.8. The SMILES string of the molecule is COc1cc(Cl)ccc1C1CCNC(=O)c2sc(N3CCOCC3)cc21.Clc1ccc(C2CCc3cn[nH]c3-c3sc(N4CCOCC4)cc32)cc1.O=C1CCCC(c2ccc(Cl)cc2)c2nc(N3CCOCC3)sc21.O=C1NCCC(c2ccc(Cl)c(Cl)c2)c2nc(N3CCOCC3)sc21.[C-]#[N+]c1c(N2CCOCC2)sc2c1C(c1ccc(Cl)cc1)CCCC2=O. The van der Waals surface area contributed by atoms with Gasteiger partial charge in [0.1, 0.15) is 10.6 Å². The lowest BCUT2D eigenvalue weighted by atomic mass is 9.88. The van der Waals surface area contributed by atoms with E-state index in [0.29, 0.717) is 88.9 Å². The zero-order valence-electron chi connectivity index (χ0n) is 70.1. The third-order valence-corrected chi connectivity index (χ3v) is 32.4. The Morgan fingerprint density at radius 3 is 1.43 bits per heavy atom. The number of methoxy groups -OCH3 is 1. The Hall–Kier alpha value is -8.22. The van der Waals surface area contributed by atoms with Crippen molar-refractivity contribution in [2.45, 2.75) is 93.8 Å². The molecule has 5 fully saturated rings. The van der Waals surface area contributed by atoms with Gasteiger partial charge in [-0.2, -0.15) is 5.10 Å². The number of fused-ring (bicyclic) bond motifs is 7. The van der Waals surface area contributed by atoms with Crippen LogP contribution in [-0.4, -0.2) is 195 Å². The summed E-state index contributed by atoms with van der Waals surface area (Å²) in [6.45, 7) is 24.7. The van der Waals surface area contributed by atoms with Gasteiger partial charge in [-0.15, -0.1) is 34.0 Å². The minimum atomic E-state index is -0.0467. The van der Waals surface area contributed by atoms with Crippen molar-refractivity contribution in [3.63, 3.8) is 0 Å². The Bertz CT molecular complexity index is 5750. The van der Waals surface area contributed by atoms with Gasteiger partial charge in [-0.1, -0.05) is 141 Å². The average Bonchev–Trinajstić information content (AvgIpc) is 1.63. The van der Waals surface area contributed by atoms with Gasteiger partial charge in [0.2, 0.25) is 5.69 Å². The smallest absolute Gasteiger partial charge is 0.263 e. The molecule has 2 amide bonds. The highest BCUT2D eigenvalue weighted by Crippen LogP contribution is 2.53. The number of aromatic amines is 1. The van der Waals surface area contributed by atoms with Gasteiger partial charge < -0.3 is 63.6 Å². The molecule has 127 heavy (non-hydrogen) atoms. The third-order valence-electron chi connectivity index (χ3n) is 24.6. The third kappa shape index (κ3) is 20.9. The van der Waals surface area contributed by atoms with Crippen LogP contribution in [-0.2, 0) is 30.1 Å². The lowest BCUT2D eigenvalue weighted by Crippen LogP contribution is -2.36. The number of thiophene rings is 3. The molecule has 664 valence electrons. The van der Waals surface area contributed by atoms with E-state index < -0.39 is 0 Å². The zero-order chi connectivity index (χ0) is 87.6. The molecule has 33 heteroatoms. The number of aromatic nitrogens is 4. The topological polar surface area (TPSA) is 223 Å². The van der Waals surface area contributed by atoms with E-state index in [9.17, 15) is 19.2 Å². The number of amides is 2. The normalized spacial score (nSPS) is 20.5. The highest BCUT2D eigenvalue weighted by atomic mass is 35.5. The summed E-state index contributed by atoms with van der Waals surface area (Å²) < 4.78 is 32.8. The zero-order valence-corrected chi connectivity index (χ0v) is 78.7. The van der Waals surface area contributed by atoms with Crippen LogP contribution in [0.15, 0.2) is 128 Å². The fourth-order valence-corrected chi connectivity index (χ4v) is 24.9. The number of thiazole rings is 2. The number of aryl methyl sites for hydroxylation is 1. The fourth-order valence-electron chi connectivity index (χ4n) is 18.0. The van der Waals surface area contributed by atoms with Crippen molar-refractivity contribution in [2.75, 3.05) is 176 Å². The summed E-state index contributed by atoms with van der Waals surface area (Å²) in [7, 11) is 1.66. The van der Waals surface area contributed by atoms with Crippen molar-refractivity contribution in [2.24, 2.45) is 0 Å². The first-order valence-electron chi connectivity index (χ1n) is 43.2. The molecule has 7 aliphatic heterocycles. The number of carbonyl (C=O) groups is 4. The minimum Gasteiger partial charge on any atom is -0.496 e. The standard InChI is InChI=1S/C20H20ClN3OS.C20H19ClN2O2S.C19H21ClN2O3S.C18H19ClN2O2S.C17H17Cl2N3O2S/c21-15-4-1-13(2-5-15)16-6-3-14-12-22-23-19(14)20-17(16)11-18(26-20)24-7-9-25-10-8-24;1-22-18-17-15(13-5-7-14(21)8-6-13)3-2-4-16(24)19(17)26-20(18)23-9-11-25-12-10-23;1-24-16-10-12(20)2-3-14(16)13-4-5-21-19(23)18-15(13)11-17(26-18)22-6-8-25-9-7-22;19-13-6-4-12(5-7-13)14-2-1-3-15(22)17-16(14)20-18(24-17)21-8-10-23-11-9-21;18-12-2-1-10(9-13(12)19)11-3-4-20-16(23)15-14(11)21-17(25-15)22-5-7-24-8-6-22/h1-2,4-5,11-12,16H,3,6-10H2,(H,22,23);5-8,15H,2-4,9-12H2;2-3,10-11,13H,4-9H2,1H3,(H,21,23);4-7,14H,1-3,8-11H2;1-2,9,11H,3-8H2,(H,20,23). The number of morpholine rings is 5. The summed E-state index contributed by atoms with van der Waals surface area (Å²) in [6, 6.07) is 40.0. The van der Waals surface area contributed by atoms with Crippen LogP contribution in [0.25, 0.3) is 15.4 Å². The number of anilines is 5. The second-order valence-electron chi connectivity index (χ2n) is 32.3. The molecule has 10 aliphatic rings. The summed E-state index contributed by atoms with van der Waals surface area (Å²) in [5, 5.41) is 22.7. The van der Waals surface area contributed by atoms with E-state index in [1.54, 1.807) is 35.8 Å². The van der Waals surface area contributed by atoms with Gasteiger partial charge in [-0.3, -0.25) is 24.3 Å². The molecule has 5 atom stereocenters. The van der Waals surface area contributed by atoms with Crippen LogP contribution in [0.5, 0.6) is 5.75 Å². The van der Waals surface area contributed by atoms with Crippen LogP contribution in [0.3, 0.4) is 0 Å². The number of nitrogens with one attached hydrogen (secondary N) is 3. The van der Waals surface area contributed by atoms with Crippen LogP contribution < -0.4 is 39.9 Å². The minimum absolute atomic E-state index is 0.0138. The van der Waals surface area contributed by atoms with E-state index in [1.807, 2.05) is 96.4 Å². The van der Waals surface area contributed by atoms with Crippen molar-refractivity contribution in [3.05, 3.63) is 250 Å². The number of benzene rings is 5. The Kier molecular flexibility index (Phi) is 30.2. The maximum absolute atomic E-state index is 12.7. The summed E-state index contributed by atoms with van der Waals surface area (Å²) in [5.74, 6) is 1.89. The van der Waals surface area contributed by atoms with E-state index in [1.165, 1.54) is 60.5 Å². The number of Topliss-reactive ketones (excluding diaryl/α,β-unsaturated/α-hetero) is 2. The fraction of sp³-hybridized carbons (Fsp3) is 0.404. The first-order valence-corrected chi connectivity index (χ1v) is 49.5. The Morgan fingerprint density at radius 1 is 0.425 bits per heavy atom. The van der Waals surface area contributed by atoms with Gasteiger partial charge in [0, 0.05) is 147 Å². The second kappa shape index (κ2) is 42.3. The number of carbonyl (C=O) groups excluding carboxylic acids is 4. The van der Waals surface area contributed by atoms with Gasteiger partial charge >= 0.3 is 0 Å². The number of halogens is 6. The molecule has 0 spiro atoms. The van der Waals surface area contributed by atoms with Crippen molar-refractivity contribution < 1.29 is 47.6 Å². The highest BCUT2D eigenvalue weighted by Gasteiger charge is 2.38. The summed E-state index contributed by atoms with van der Waals surface area (Å²) in [4.78, 5) is 79.8. The molecule has 0 saturated carbocycles. The average molecular weight is 1930 g/mol. The van der Waals surface area contributed by atoms with Crippen molar-refractivity contribution >= 4 is 181 Å². The quantitative estimate of drug-likeness (QED) is 0.0809. The Labute approximate surface area is 788 Å². The van der Waals surface area contributed by atoms with E-state index in [0.717, 1.165) is 246 Å². The highest BCUT2D eigenvalue weighted by molar-refractivity contribution is 7.20. The number of H-pyrrole nitrogens is 1. The van der Waals surface area contributed by atoms with E-state index in [2.05, 4.69) is 86.6 Å². The van der Waals surface area contributed by atoms with Crippen LogP contribution >= 0.6 is 126 Å². The van der Waals surface area contributed by atoms with Crippen LogP contribution in [0, 0.1) is 6.57 Å². The molecule has 3 aliphatic carbocycles. The van der Waals surface area contributed by atoms with E-state index >= 15 is 0 Å². The van der Waals surface area contributed by atoms with Gasteiger partial charge in [0.05, 0.1) is 148 Å². The van der Waals surface area contributed by atoms with E-state index in [4.69, 9.17) is 115 Å². The molecular weight excluding hydrogens is 1830 g/mol. The lowest BCUT2D eigenvalue weighted by Gasteiger charge is -2.28. The maximum Gasteiger partial charge on any atom is 0.263 e. The summed E-state index contributed by atoms with van der Waals surface area (Å²) >= 11 is 44.5. The number of ether oxygens (including phenoxy) is 6. The first-order chi connectivity index (χ1) is 62.0. The Balaban J connectivity index is 0.000000112. The predicted octanol–water partition coefficient (Wildman–Crippen LogP) is 21.2. The number of hydrogen-bond donors (Lipinski definition) is 3. The largest absolute Gasteiger partial charge is 0.496 e. The van der Waals surface area contributed by atoms with Gasteiger partial charge in [0.15, 0.2) is 21.8 Å². The number of rotatable bonds is 11. The predicted molar refractivity (Wildman–Crippen MR) is 513 cm³/mol. The first kappa shape index (κ1) is 90.7. The van der Waals surface area contributed by atoms with Crippen LogP contribution in [0.4, 0.5) is 31.0 Å². The molecule has 0 bridgehead atoms. The van der Waals surface area contributed by atoms with Gasteiger partial charge in [0.25, 0.3) is 11.8 Å². The van der Waals surface area contributed by atoms with Crippen molar-refractivity contribution in [1.29, 1.82) is 0 Å². The van der Waals surface area contributed by atoms with Gasteiger partial charge in [-0.25, -0.2) is 14.8 Å². The van der Waals surface area contributed by atoms with Crippen molar-refractivity contribution in [3.8, 4) is 16.3 Å². The number of hydrogen-bond acceptors (Lipinski definition) is 23.